The molecule has 1 spiro atoms. The molecule has 1 aromatic heterocycles. The standard InChI is InChI=1S/C20H21FN2O3.C2HF3O2/c1-14-4-5-15(9-18(14)21)19(24)23-12-20(13-23)10-16(6-8-25-20)26-17-3-2-7-22-11-17;3-2(4,5)1(6)7/h2-5,7,9,11,16H,6,8,10,12-13H2,1H3;(H,6,7). The maximum atomic E-state index is 13.7. The Labute approximate surface area is 186 Å². The normalized spacial score (nSPS) is 19.2. The van der Waals surface area contributed by atoms with Crippen molar-refractivity contribution >= 4 is 11.9 Å². The van der Waals surface area contributed by atoms with Gasteiger partial charge in [-0.25, -0.2) is 9.18 Å². The third kappa shape index (κ3) is 6.19. The SMILES string of the molecule is Cc1ccc(C(=O)N2CC3(CC(Oc4cccnc4)CCO3)C2)cc1F.O=C(O)C(F)(F)F. The number of aryl methyl sites for hydroxylation is 1. The average Bonchev–Trinajstić information content (AvgIpc) is 2.74. The van der Waals surface area contributed by atoms with Gasteiger partial charge in [0.15, 0.2) is 0 Å². The Morgan fingerprint density at radius 1 is 1.27 bits per heavy atom. The van der Waals surface area contributed by atoms with Crippen LogP contribution in [0.15, 0.2) is 42.7 Å². The van der Waals surface area contributed by atoms with Crippen LogP contribution in [-0.2, 0) is 9.53 Å². The zero-order valence-electron chi connectivity index (χ0n) is 17.6. The highest BCUT2D eigenvalue weighted by Gasteiger charge is 2.50. The Hall–Kier alpha value is -3.21. The summed E-state index contributed by atoms with van der Waals surface area (Å²) < 4.78 is 57.4. The number of carboxylic acid groups (broad SMARTS) is 1. The number of halogens is 4. The van der Waals surface area contributed by atoms with Crippen LogP contribution in [0.5, 0.6) is 5.75 Å². The van der Waals surface area contributed by atoms with Crippen molar-refractivity contribution in [3.63, 3.8) is 0 Å². The van der Waals surface area contributed by atoms with E-state index in [-0.39, 0.29) is 23.4 Å². The number of ether oxygens (including phenoxy) is 2. The van der Waals surface area contributed by atoms with Crippen LogP contribution in [0, 0.1) is 12.7 Å². The van der Waals surface area contributed by atoms with Gasteiger partial charge < -0.3 is 19.5 Å². The molecule has 0 radical (unpaired) electrons. The first-order valence-electron chi connectivity index (χ1n) is 10.1. The van der Waals surface area contributed by atoms with Crippen LogP contribution in [0.2, 0.25) is 0 Å². The number of aromatic nitrogens is 1. The van der Waals surface area contributed by atoms with Gasteiger partial charge in [0.05, 0.1) is 25.9 Å². The van der Waals surface area contributed by atoms with Gasteiger partial charge in [0.1, 0.15) is 23.3 Å². The number of hydrogen-bond donors (Lipinski definition) is 1. The number of hydrogen-bond acceptors (Lipinski definition) is 5. The Morgan fingerprint density at radius 3 is 2.55 bits per heavy atom. The van der Waals surface area contributed by atoms with Crippen LogP contribution in [0.4, 0.5) is 17.6 Å². The Morgan fingerprint density at radius 2 is 1.97 bits per heavy atom. The minimum atomic E-state index is -5.08. The summed E-state index contributed by atoms with van der Waals surface area (Å²) in [6.45, 7) is 3.30. The van der Waals surface area contributed by atoms with E-state index in [0.29, 0.717) is 30.8 Å². The lowest BCUT2D eigenvalue weighted by atomic mass is 9.84. The van der Waals surface area contributed by atoms with E-state index < -0.39 is 12.1 Å². The fourth-order valence-corrected chi connectivity index (χ4v) is 3.61. The molecule has 2 aliphatic heterocycles. The first kappa shape index (κ1) is 24.4. The van der Waals surface area contributed by atoms with Crippen LogP contribution in [0.1, 0.15) is 28.8 Å². The summed E-state index contributed by atoms with van der Waals surface area (Å²) in [5.74, 6) is -2.53. The molecule has 1 unspecified atom stereocenters. The molecule has 1 atom stereocenters. The first-order chi connectivity index (χ1) is 15.5. The molecule has 33 heavy (non-hydrogen) atoms. The molecular weight excluding hydrogens is 448 g/mol. The molecule has 1 aromatic carbocycles. The maximum absolute atomic E-state index is 13.7. The van der Waals surface area contributed by atoms with Gasteiger partial charge in [-0.1, -0.05) is 6.07 Å². The third-order valence-corrected chi connectivity index (χ3v) is 5.29. The van der Waals surface area contributed by atoms with Crippen LogP contribution in [0.3, 0.4) is 0 Å². The van der Waals surface area contributed by atoms with E-state index in [1.807, 2.05) is 12.1 Å². The van der Waals surface area contributed by atoms with Crippen LogP contribution in [0.25, 0.3) is 0 Å². The number of aliphatic carboxylic acids is 1. The quantitative estimate of drug-likeness (QED) is 0.690. The molecular formula is C22H22F4N2O5. The molecule has 1 amide bonds. The highest BCUT2D eigenvalue weighted by Crippen LogP contribution is 2.36. The second kappa shape index (κ2) is 9.74. The van der Waals surface area contributed by atoms with E-state index in [9.17, 15) is 22.4 Å². The number of rotatable bonds is 3. The first-order valence-corrected chi connectivity index (χ1v) is 10.1. The number of carbonyl (C=O) groups is 2. The molecule has 0 bridgehead atoms. The Balaban J connectivity index is 0.000000383. The molecule has 0 aliphatic carbocycles. The third-order valence-electron chi connectivity index (χ3n) is 5.29. The molecule has 3 heterocycles. The summed E-state index contributed by atoms with van der Waals surface area (Å²) in [7, 11) is 0. The minimum absolute atomic E-state index is 0.0435. The largest absolute Gasteiger partial charge is 0.490 e. The monoisotopic (exact) mass is 470 g/mol. The van der Waals surface area contributed by atoms with E-state index in [4.69, 9.17) is 19.4 Å². The highest BCUT2D eigenvalue weighted by atomic mass is 19.4. The number of carbonyl (C=O) groups excluding carboxylic acids is 1. The van der Waals surface area contributed by atoms with Crippen molar-refractivity contribution in [3.8, 4) is 5.75 Å². The summed E-state index contributed by atoms with van der Waals surface area (Å²) in [6.07, 6.45) is -0.0874. The van der Waals surface area contributed by atoms with Crippen molar-refractivity contribution < 1.29 is 41.7 Å². The highest BCUT2D eigenvalue weighted by molar-refractivity contribution is 5.95. The second-order valence-corrected chi connectivity index (χ2v) is 7.88. The van der Waals surface area contributed by atoms with Gasteiger partial charge in [-0.2, -0.15) is 13.2 Å². The lowest BCUT2D eigenvalue weighted by Gasteiger charge is -2.52. The number of carboxylic acids is 1. The van der Waals surface area contributed by atoms with Gasteiger partial charge >= 0.3 is 12.1 Å². The number of pyridine rings is 1. The van der Waals surface area contributed by atoms with Gasteiger partial charge in [0.2, 0.25) is 0 Å². The lowest BCUT2D eigenvalue weighted by Crippen LogP contribution is -2.67. The molecule has 11 heteroatoms. The van der Waals surface area contributed by atoms with Crippen LogP contribution >= 0.6 is 0 Å². The van der Waals surface area contributed by atoms with Crippen LogP contribution in [-0.4, -0.2) is 64.4 Å². The maximum Gasteiger partial charge on any atom is 0.490 e. The Kier molecular flexibility index (Phi) is 7.21. The molecule has 178 valence electrons. The molecule has 2 fully saturated rings. The molecule has 2 aliphatic rings. The topological polar surface area (TPSA) is 89.0 Å². The van der Waals surface area contributed by atoms with Crippen molar-refractivity contribution in [3.05, 3.63) is 59.7 Å². The molecule has 2 aromatic rings. The van der Waals surface area contributed by atoms with Crippen molar-refractivity contribution in [2.24, 2.45) is 0 Å². The van der Waals surface area contributed by atoms with Crippen molar-refractivity contribution in [1.82, 2.24) is 9.88 Å². The smallest absolute Gasteiger partial charge is 0.489 e. The predicted molar refractivity (Wildman–Crippen MR) is 107 cm³/mol. The van der Waals surface area contributed by atoms with E-state index in [1.165, 1.54) is 6.07 Å². The number of nitrogens with zero attached hydrogens (tertiary/aromatic N) is 2. The van der Waals surface area contributed by atoms with E-state index in [1.54, 1.807) is 36.4 Å². The Bertz CT molecular complexity index is 994. The van der Waals surface area contributed by atoms with Crippen molar-refractivity contribution in [1.29, 1.82) is 0 Å². The lowest BCUT2D eigenvalue weighted by molar-refractivity contribution is -0.192. The number of alkyl halides is 3. The zero-order chi connectivity index (χ0) is 24.2. The summed E-state index contributed by atoms with van der Waals surface area (Å²) >= 11 is 0. The molecule has 7 nitrogen and oxygen atoms in total. The summed E-state index contributed by atoms with van der Waals surface area (Å²) in [5.41, 5.74) is 0.555. The average molecular weight is 470 g/mol. The molecule has 0 saturated carbocycles. The fraction of sp³-hybridized carbons (Fsp3) is 0.409. The fourth-order valence-electron chi connectivity index (χ4n) is 3.61. The van der Waals surface area contributed by atoms with Gasteiger partial charge in [-0.3, -0.25) is 9.78 Å². The molecule has 1 N–H and O–H groups in total. The second-order valence-electron chi connectivity index (χ2n) is 7.88. The van der Waals surface area contributed by atoms with E-state index in [2.05, 4.69) is 4.98 Å². The minimum Gasteiger partial charge on any atom is -0.489 e. The van der Waals surface area contributed by atoms with Gasteiger partial charge in [0.25, 0.3) is 5.91 Å². The van der Waals surface area contributed by atoms with E-state index in [0.717, 1.165) is 18.6 Å². The number of likely N-dealkylation sites (tertiary alicyclic amines) is 1. The molecule has 4 rings (SSSR count). The van der Waals surface area contributed by atoms with Crippen molar-refractivity contribution in [2.75, 3.05) is 19.7 Å². The van der Waals surface area contributed by atoms with Gasteiger partial charge in [-0.15, -0.1) is 0 Å². The summed E-state index contributed by atoms with van der Waals surface area (Å²) in [5, 5.41) is 7.12. The van der Waals surface area contributed by atoms with E-state index >= 15 is 0 Å². The predicted octanol–water partition coefficient (Wildman–Crippen LogP) is 3.62. The van der Waals surface area contributed by atoms with Crippen molar-refractivity contribution in [2.45, 2.75) is 37.6 Å². The summed E-state index contributed by atoms with van der Waals surface area (Å²) in [4.78, 5) is 27.2. The zero-order valence-corrected chi connectivity index (χ0v) is 17.6. The van der Waals surface area contributed by atoms with Gasteiger partial charge in [0, 0.05) is 24.6 Å². The van der Waals surface area contributed by atoms with Gasteiger partial charge in [-0.05, 0) is 36.8 Å². The summed E-state index contributed by atoms with van der Waals surface area (Å²) in [6, 6.07) is 8.33. The van der Waals surface area contributed by atoms with Crippen LogP contribution < -0.4 is 4.74 Å². The molecule has 2 saturated heterocycles. The number of amides is 1. The number of benzene rings is 1.